The quantitative estimate of drug-likeness (QED) is 0.0617. The summed E-state index contributed by atoms with van der Waals surface area (Å²) >= 11 is 0. The van der Waals surface area contributed by atoms with Gasteiger partial charge in [-0.2, -0.15) is 20.4 Å². The van der Waals surface area contributed by atoms with Crippen LogP contribution in [0.3, 0.4) is 0 Å². The summed E-state index contributed by atoms with van der Waals surface area (Å²) in [7, 11) is -9.40. The molecule has 5 rings (SSSR count). The third-order valence-electron chi connectivity index (χ3n) is 6.14. The predicted molar refractivity (Wildman–Crippen MR) is 158 cm³/mol. The average molecular weight is 693 g/mol. The number of nitrogens with one attached hydrogen (secondary N) is 2. The minimum absolute atomic E-state index is 0. The van der Waals surface area contributed by atoms with Crippen molar-refractivity contribution in [3.8, 4) is 5.75 Å². The standard InChI is InChI=1S/C28H20N6O9S2.2Na/c35-25-12-11-24(33-31-18-3-1-17(2-4-18)29-30-19-5-8-21(9-6-19)44(38,39)40)28(37)27(25)34-32-20-7-10-23-16(13-20)14-22(15-26(23)36)45(41,42)43;;/h1-15,31-32,36H,(H,38,39,40)(H,41,42,43);;/q;2*+1/p-2. The largest absolute Gasteiger partial charge is 1.00 e. The van der Waals surface area contributed by atoms with E-state index in [1.54, 1.807) is 24.3 Å². The Morgan fingerprint density at radius 1 is 0.617 bits per heavy atom. The molecule has 0 fully saturated rings. The Hall–Kier alpha value is -3.62. The number of anilines is 2. The van der Waals surface area contributed by atoms with Crippen LogP contribution in [-0.4, -0.2) is 31.0 Å². The van der Waals surface area contributed by atoms with E-state index in [0.29, 0.717) is 17.1 Å². The van der Waals surface area contributed by atoms with E-state index in [-0.39, 0.29) is 85.8 Å². The maximum Gasteiger partial charge on any atom is 1.00 e. The number of rotatable bonds is 8. The molecule has 0 aromatic heterocycles. The summed E-state index contributed by atoms with van der Waals surface area (Å²) in [6, 6.07) is 19.8. The molecule has 15 nitrogen and oxygen atoms in total. The number of hydrogen-bond acceptors (Lipinski definition) is 15. The molecule has 5 aromatic carbocycles. The molecule has 3 N–H and O–H groups in total. The van der Waals surface area contributed by atoms with E-state index >= 15 is 0 Å². The molecule has 0 spiro atoms. The zero-order valence-electron chi connectivity index (χ0n) is 24.5. The molecule has 0 heterocycles. The van der Waals surface area contributed by atoms with Gasteiger partial charge in [-0.25, -0.2) is 16.8 Å². The monoisotopic (exact) mass is 692 g/mol. The van der Waals surface area contributed by atoms with Crippen molar-refractivity contribution >= 4 is 53.8 Å². The number of phenols is 1. The predicted octanol–water partition coefficient (Wildman–Crippen LogP) is -3.77. The molecule has 47 heavy (non-hydrogen) atoms. The van der Waals surface area contributed by atoms with Crippen molar-refractivity contribution in [3.63, 3.8) is 0 Å². The van der Waals surface area contributed by atoms with E-state index in [0.717, 1.165) is 30.3 Å². The minimum Gasteiger partial charge on any atom is -0.744 e. The average Bonchev–Trinajstić information content (AvgIpc) is 2.99. The van der Waals surface area contributed by atoms with Gasteiger partial charge in [0, 0.05) is 5.39 Å². The van der Waals surface area contributed by atoms with Crippen molar-refractivity contribution in [2.45, 2.75) is 9.79 Å². The van der Waals surface area contributed by atoms with Crippen molar-refractivity contribution in [1.29, 1.82) is 0 Å². The summed E-state index contributed by atoms with van der Waals surface area (Å²) < 4.78 is 67.2. The SMILES string of the molecule is O=c1ccc(=NNc2ccc(N=Nc3ccc(S(=O)(=O)[O-])cc3)cc2)c(=O)c1=NNc1ccc2c(O)cc(S(=O)(=O)[O-])cc2c1.[Na+].[Na+]. The molecule has 0 radical (unpaired) electrons. The molecule has 0 saturated heterocycles. The minimum atomic E-state index is -4.83. The summed E-state index contributed by atoms with van der Waals surface area (Å²) in [5.74, 6) is -0.417. The van der Waals surface area contributed by atoms with E-state index in [1.165, 1.54) is 36.4 Å². The van der Waals surface area contributed by atoms with Gasteiger partial charge in [0.2, 0.25) is 10.9 Å². The Morgan fingerprint density at radius 3 is 1.77 bits per heavy atom. The second-order valence-corrected chi connectivity index (χ2v) is 12.0. The topological polar surface area (TPSA) is 242 Å². The Morgan fingerprint density at radius 2 is 1.17 bits per heavy atom. The van der Waals surface area contributed by atoms with Crippen molar-refractivity contribution in [2.75, 3.05) is 10.9 Å². The van der Waals surface area contributed by atoms with Gasteiger partial charge in [0.05, 0.1) is 32.5 Å². The smallest absolute Gasteiger partial charge is 0.744 e. The van der Waals surface area contributed by atoms with E-state index < -0.39 is 47.1 Å². The first kappa shape index (κ1) is 37.8. The second kappa shape index (κ2) is 15.5. The molecule has 0 aliphatic rings. The second-order valence-electron chi connectivity index (χ2n) is 9.24. The van der Waals surface area contributed by atoms with Crippen LogP contribution >= 0.6 is 0 Å². The summed E-state index contributed by atoms with van der Waals surface area (Å²) in [6.45, 7) is 0. The molecule has 0 aliphatic heterocycles. The first-order chi connectivity index (χ1) is 21.3. The van der Waals surface area contributed by atoms with Crippen LogP contribution < -0.4 is 91.5 Å². The van der Waals surface area contributed by atoms with Gasteiger partial charge in [-0.05, 0) is 96.4 Å². The van der Waals surface area contributed by atoms with Crippen LogP contribution in [0.2, 0.25) is 0 Å². The van der Waals surface area contributed by atoms with Crippen LogP contribution in [0.4, 0.5) is 22.7 Å². The van der Waals surface area contributed by atoms with Crippen LogP contribution in [-0.2, 0) is 20.2 Å². The molecule has 0 atom stereocenters. The molecule has 228 valence electrons. The van der Waals surface area contributed by atoms with Crippen LogP contribution in [0.15, 0.2) is 131 Å². The number of nitrogens with zero attached hydrogens (tertiary/aromatic N) is 4. The Bertz CT molecular complexity index is 2430. The third kappa shape index (κ3) is 9.48. The fourth-order valence-corrected chi connectivity index (χ4v) is 4.91. The van der Waals surface area contributed by atoms with Gasteiger partial charge in [0.25, 0.3) is 0 Å². The molecule has 0 saturated carbocycles. The van der Waals surface area contributed by atoms with E-state index in [1.807, 2.05) is 0 Å². The zero-order valence-corrected chi connectivity index (χ0v) is 30.1. The summed E-state index contributed by atoms with van der Waals surface area (Å²) in [5.41, 5.74) is 5.20. The molecular formula is C28H18N6Na2O9S2. The van der Waals surface area contributed by atoms with E-state index in [4.69, 9.17) is 0 Å². The van der Waals surface area contributed by atoms with Gasteiger partial charge in [0.1, 0.15) is 31.3 Å². The summed E-state index contributed by atoms with van der Waals surface area (Å²) in [6.07, 6.45) is 0. The Balaban J connectivity index is 0.00000300. The van der Waals surface area contributed by atoms with Gasteiger partial charge in [-0.3, -0.25) is 20.4 Å². The molecule has 0 bridgehead atoms. The van der Waals surface area contributed by atoms with Crippen molar-refractivity contribution in [3.05, 3.63) is 122 Å². The van der Waals surface area contributed by atoms with E-state index in [9.17, 15) is 40.6 Å². The molecule has 0 aliphatic carbocycles. The molecule has 0 unspecified atom stereocenters. The Kier molecular flexibility index (Phi) is 12.5. The number of hydrogen-bond donors (Lipinski definition) is 3. The van der Waals surface area contributed by atoms with Gasteiger partial charge in [-0.1, -0.05) is 0 Å². The van der Waals surface area contributed by atoms with Gasteiger partial charge in [0.15, 0.2) is 5.36 Å². The van der Waals surface area contributed by atoms with Crippen LogP contribution in [0.25, 0.3) is 10.8 Å². The van der Waals surface area contributed by atoms with Gasteiger partial charge >= 0.3 is 59.1 Å². The first-order valence-electron chi connectivity index (χ1n) is 12.5. The number of benzene rings is 5. The number of azo groups is 1. The maximum atomic E-state index is 12.9. The van der Waals surface area contributed by atoms with Crippen molar-refractivity contribution in [2.24, 2.45) is 20.4 Å². The van der Waals surface area contributed by atoms with Crippen LogP contribution in [0.5, 0.6) is 5.75 Å². The maximum absolute atomic E-state index is 12.9. The summed E-state index contributed by atoms with van der Waals surface area (Å²) in [5, 5.41) is 25.9. The Labute approximate surface area is 310 Å². The molecule has 19 heteroatoms. The molecule has 5 aromatic rings. The van der Waals surface area contributed by atoms with Crippen molar-refractivity contribution < 1.29 is 90.2 Å². The molecular weight excluding hydrogens is 674 g/mol. The first-order valence-corrected chi connectivity index (χ1v) is 15.3. The number of phenolic OH excluding ortho intramolecular Hbond substituents is 1. The zero-order chi connectivity index (χ0) is 32.4. The normalized spacial score (nSPS) is 12.5. The number of aromatic hydroxyl groups is 1. The van der Waals surface area contributed by atoms with Crippen molar-refractivity contribution in [1.82, 2.24) is 0 Å². The fraction of sp³-hybridized carbons (Fsp3) is 0. The van der Waals surface area contributed by atoms with Crippen LogP contribution in [0, 0.1) is 0 Å². The fourth-order valence-electron chi connectivity index (χ4n) is 3.92. The number of fused-ring (bicyclic) bond motifs is 1. The van der Waals surface area contributed by atoms with Crippen LogP contribution in [0.1, 0.15) is 0 Å². The van der Waals surface area contributed by atoms with Gasteiger partial charge < -0.3 is 14.2 Å². The third-order valence-corrected chi connectivity index (χ3v) is 7.81. The van der Waals surface area contributed by atoms with Gasteiger partial charge in [-0.15, -0.1) is 0 Å². The van der Waals surface area contributed by atoms with E-state index in [2.05, 4.69) is 31.3 Å². The summed E-state index contributed by atoms with van der Waals surface area (Å²) in [4.78, 5) is 24.3. The molecule has 0 amide bonds.